The Morgan fingerprint density at radius 2 is 1.94 bits per heavy atom. The Balaban J connectivity index is 1.99. The summed E-state index contributed by atoms with van der Waals surface area (Å²) in [4.78, 5) is 0. The molecular formula is C15H21Cl2N. The highest BCUT2D eigenvalue weighted by atomic mass is 35.5. The van der Waals surface area contributed by atoms with Gasteiger partial charge in [0.05, 0.1) is 10.7 Å². The van der Waals surface area contributed by atoms with Gasteiger partial charge in [0.1, 0.15) is 0 Å². The summed E-state index contributed by atoms with van der Waals surface area (Å²) in [7, 11) is 0. The number of nitrogens with one attached hydrogen (secondary N) is 1. The predicted octanol–water partition coefficient (Wildman–Crippen LogP) is 5.62. The van der Waals surface area contributed by atoms with Crippen molar-refractivity contribution in [2.75, 3.05) is 5.32 Å². The second-order valence-electron chi connectivity index (χ2n) is 5.68. The smallest absolute Gasteiger partial charge is 0.0652 e. The Kier molecular flexibility index (Phi) is 4.80. The summed E-state index contributed by atoms with van der Waals surface area (Å²) in [5, 5.41) is 5.01. The zero-order valence-electron chi connectivity index (χ0n) is 11.0. The first kappa shape index (κ1) is 14.0. The van der Waals surface area contributed by atoms with Gasteiger partial charge in [-0.15, -0.1) is 0 Å². The Bertz CT molecular complexity index is 399. The average molecular weight is 286 g/mol. The Hall–Kier alpha value is -0.400. The fourth-order valence-electron chi connectivity index (χ4n) is 2.24. The van der Waals surface area contributed by atoms with Gasteiger partial charge in [0.2, 0.25) is 0 Å². The van der Waals surface area contributed by atoms with Crippen LogP contribution in [0, 0.1) is 11.8 Å². The Labute approximate surface area is 120 Å². The van der Waals surface area contributed by atoms with Crippen molar-refractivity contribution < 1.29 is 0 Å². The molecule has 1 nitrogen and oxygen atoms in total. The van der Waals surface area contributed by atoms with Gasteiger partial charge in [-0.3, -0.25) is 0 Å². The molecule has 100 valence electrons. The quantitative estimate of drug-likeness (QED) is 0.715. The minimum atomic E-state index is 0.561. The van der Waals surface area contributed by atoms with Crippen molar-refractivity contribution in [3.63, 3.8) is 0 Å². The molecule has 2 rings (SSSR count). The van der Waals surface area contributed by atoms with E-state index < -0.39 is 0 Å². The molecule has 3 heteroatoms. The van der Waals surface area contributed by atoms with Gasteiger partial charge in [-0.05, 0) is 55.7 Å². The van der Waals surface area contributed by atoms with Crippen LogP contribution in [-0.2, 0) is 0 Å². The summed E-state index contributed by atoms with van der Waals surface area (Å²) in [5.74, 6) is 1.59. The number of halogens is 2. The summed E-state index contributed by atoms with van der Waals surface area (Å²) >= 11 is 12.1. The molecule has 1 atom stereocenters. The molecule has 1 aliphatic rings. The first-order valence-electron chi connectivity index (χ1n) is 6.78. The molecule has 0 aromatic heterocycles. The third kappa shape index (κ3) is 4.07. The molecule has 1 aromatic rings. The molecule has 0 bridgehead atoms. The van der Waals surface area contributed by atoms with Crippen molar-refractivity contribution in [2.24, 2.45) is 11.8 Å². The molecule has 0 saturated heterocycles. The van der Waals surface area contributed by atoms with E-state index in [1.54, 1.807) is 6.07 Å². The second-order valence-corrected chi connectivity index (χ2v) is 6.53. The fraction of sp³-hybridized carbons (Fsp3) is 0.600. The highest BCUT2D eigenvalue weighted by Crippen LogP contribution is 2.38. The van der Waals surface area contributed by atoms with Crippen molar-refractivity contribution in [2.45, 2.75) is 45.6 Å². The van der Waals surface area contributed by atoms with E-state index in [2.05, 4.69) is 19.2 Å². The molecule has 0 amide bonds. The lowest BCUT2D eigenvalue weighted by atomic mass is 10.00. The normalized spacial score (nSPS) is 16.9. The maximum absolute atomic E-state index is 6.21. The molecule has 0 spiro atoms. The van der Waals surface area contributed by atoms with Crippen LogP contribution in [0.25, 0.3) is 0 Å². The van der Waals surface area contributed by atoms with Crippen LogP contribution in [-0.4, -0.2) is 6.04 Å². The van der Waals surface area contributed by atoms with Gasteiger partial charge < -0.3 is 5.32 Å². The third-order valence-electron chi connectivity index (χ3n) is 3.52. The monoisotopic (exact) mass is 285 g/mol. The van der Waals surface area contributed by atoms with Gasteiger partial charge in [0.25, 0.3) is 0 Å². The zero-order valence-corrected chi connectivity index (χ0v) is 12.6. The lowest BCUT2D eigenvalue weighted by Gasteiger charge is -2.21. The first-order valence-corrected chi connectivity index (χ1v) is 7.53. The zero-order chi connectivity index (χ0) is 13.1. The number of anilines is 1. The molecular weight excluding hydrogens is 265 g/mol. The fourth-order valence-corrected chi connectivity index (χ4v) is 2.71. The number of hydrogen-bond acceptors (Lipinski definition) is 1. The van der Waals surface area contributed by atoms with Crippen molar-refractivity contribution >= 4 is 28.9 Å². The van der Waals surface area contributed by atoms with Gasteiger partial charge in [-0.1, -0.05) is 37.0 Å². The van der Waals surface area contributed by atoms with Gasteiger partial charge in [0, 0.05) is 11.1 Å². The highest BCUT2D eigenvalue weighted by molar-refractivity contribution is 6.36. The lowest BCUT2D eigenvalue weighted by Crippen LogP contribution is -2.22. The SMILES string of the molecule is CC(C)CCC(Nc1ccc(Cl)cc1Cl)C1CC1. The highest BCUT2D eigenvalue weighted by Gasteiger charge is 2.31. The summed E-state index contributed by atoms with van der Waals surface area (Å²) in [5.41, 5.74) is 1.02. The Morgan fingerprint density at radius 3 is 2.50 bits per heavy atom. The summed E-state index contributed by atoms with van der Waals surface area (Å²) < 4.78 is 0. The van der Waals surface area contributed by atoms with Crippen molar-refractivity contribution in [1.82, 2.24) is 0 Å². The van der Waals surface area contributed by atoms with E-state index in [4.69, 9.17) is 23.2 Å². The molecule has 1 fully saturated rings. The molecule has 0 heterocycles. The summed E-state index contributed by atoms with van der Waals surface area (Å²) in [6.07, 6.45) is 5.18. The number of hydrogen-bond donors (Lipinski definition) is 1. The van der Waals surface area contributed by atoms with Gasteiger partial charge in [-0.25, -0.2) is 0 Å². The van der Waals surface area contributed by atoms with Crippen LogP contribution in [0.4, 0.5) is 5.69 Å². The molecule has 1 N–H and O–H groups in total. The minimum Gasteiger partial charge on any atom is -0.381 e. The third-order valence-corrected chi connectivity index (χ3v) is 4.07. The molecule has 1 aliphatic carbocycles. The summed E-state index contributed by atoms with van der Waals surface area (Å²) in [6, 6.07) is 6.24. The van der Waals surface area contributed by atoms with Crippen LogP contribution in [0.5, 0.6) is 0 Å². The van der Waals surface area contributed by atoms with E-state index in [0.717, 1.165) is 22.5 Å². The van der Waals surface area contributed by atoms with Crippen LogP contribution in [0.15, 0.2) is 18.2 Å². The maximum Gasteiger partial charge on any atom is 0.0652 e. The van der Waals surface area contributed by atoms with E-state index in [1.165, 1.54) is 25.7 Å². The van der Waals surface area contributed by atoms with E-state index in [1.807, 2.05) is 12.1 Å². The first-order chi connectivity index (χ1) is 8.56. The largest absolute Gasteiger partial charge is 0.381 e. The van der Waals surface area contributed by atoms with Gasteiger partial charge >= 0.3 is 0 Å². The average Bonchev–Trinajstić information content (AvgIpc) is 3.10. The van der Waals surface area contributed by atoms with E-state index >= 15 is 0 Å². The number of rotatable bonds is 6. The minimum absolute atomic E-state index is 0.561. The van der Waals surface area contributed by atoms with Gasteiger partial charge in [-0.2, -0.15) is 0 Å². The van der Waals surface area contributed by atoms with E-state index in [-0.39, 0.29) is 0 Å². The van der Waals surface area contributed by atoms with Crippen LogP contribution in [0.2, 0.25) is 10.0 Å². The van der Waals surface area contributed by atoms with Crippen LogP contribution < -0.4 is 5.32 Å². The van der Waals surface area contributed by atoms with Gasteiger partial charge in [0.15, 0.2) is 0 Å². The lowest BCUT2D eigenvalue weighted by molar-refractivity contribution is 0.486. The Morgan fingerprint density at radius 1 is 1.22 bits per heavy atom. The summed E-state index contributed by atoms with van der Waals surface area (Å²) in [6.45, 7) is 4.55. The standard InChI is InChI=1S/C15H21Cl2N/c1-10(2)3-7-14(11-4-5-11)18-15-8-6-12(16)9-13(15)17/h6,8-11,14,18H,3-5,7H2,1-2H3. The second kappa shape index (κ2) is 6.16. The van der Waals surface area contributed by atoms with Crippen LogP contribution >= 0.6 is 23.2 Å². The molecule has 1 aromatic carbocycles. The van der Waals surface area contributed by atoms with Crippen molar-refractivity contribution in [3.8, 4) is 0 Å². The topological polar surface area (TPSA) is 12.0 Å². The van der Waals surface area contributed by atoms with Crippen LogP contribution in [0.1, 0.15) is 39.5 Å². The van der Waals surface area contributed by atoms with E-state index in [0.29, 0.717) is 11.1 Å². The maximum atomic E-state index is 6.21. The van der Waals surface area contributed by atoms with Crippen molar-refractivity contribution in [3.05, 3.63) is 28.2 Å². The van der Waals surface area contributed by atoms with Crippen LogP contribution in [0.3, 0.4) is 0 Å². The molecule has 1 unspecified atom stereocenters. The van der Waals surface area contributed by atoms with E-state index in [9.17, 15) is 0 Å². The number of benzene rings is 1. The van der Waals surface area contributed by atoms with Crippen molar-refractivity contribution in [1.29, 1.82) is 0 Å². The molecule has 0 aliphatic heterocycles. The molecule has 18 heavy (non-hydrogen) atoms. The predicted molar refractivity (Wildman–Crippen MR) is 80.7 cm³/mol. The molecule has 0 radical (unpaired) electrons. The molecule has 1 saturated carbocycles.